The van der Waals surface area contributed by atoms with E-state index in [1.165, 1.54) is 17.0 Å². The van der Waals surface area contributed by atoms with E-state index in [1.807, 2.05) is 12.1 Å². The number of likely N-dealkylation sites (N-methyl/N-ethyl adjacent to an activating group) is 1. The Morgan fingerprint density at radius 3 is 2.30 bits per heavy atom. The maximum atomic E-state index is 13.0. The summed E-state index contributed by atoms with van der Waals surface area (Å²) in [6, 6.07) is 10.1. The zero-order chi connectivity index (χ0) is 19.2. The monoisotopic (exact) mass is 370 g/mol. The standard InChI is InChI=1S/C20H23FN4O2/c1-23(11-8-16-6-9-22-10-7-16)19(26)20(27)25-14-12-24(13-15-25)18-4-2-17(21)3-5-18/h2-7,9-10H,8,11-15H2,1H3. The number of carbonyl (C=O) groups is 2. The summed E-state index contributed by atoms with van der Waals surface area (Å²) >= 11 is 0. The van der Waals surface area contributed by atoms with Crippen LogP contribution in [0.15, 0.2) is 48.8 Å². The molecule has 1 aromatic carbocycles. The van der Waals surface area contributed by atoms with E-state index in [1.54, 1.807) is 36.5 Å². The van der Waals surface area contributed by atoms with E-state index in [0.717, 1.165) is 11.3 Å². The summed E-state index contributed by atoms with van der Waals surface area (Å²) in [6.45, 7) is 2.65. The minimum atomic E-state index is -0.487. The Morgan fingerprint density at radius 2 is 1.67 bits per heavy atom. The van der Waals surface area contributed by atoms with Crippen molar-refractivity contribution in [2.75, 3.05) is 44.7 Å². The van der Waals surface area contributed by atoms with Crippen molar-refractivity contribution in [1.29, 1.82) is 0 Å². The molecule has 1 aliphatic heterocycles. The Hall–Kier alpha value is -2.96. The van der Waals surface area contributed by atoms with Crippen LogP contribution in [0.25, 0.3) is 0 Å². The van der Waals surface area contributed by atoms with Crippen LogP contribution in [0.2, 0.25) is 0 Å². The highest BCUT2D eigenvalue weighted by Gasteiger charge is 2.28. The first-order valence-electron chi connectivity index (χ1n) is 8.98. The molecule has 0 aliphatic carbocycles. The molecule has 7 heteroatoms. The molecule has 1 aliphatic rings. The van der Waals surface area contributed by atoms with E-state index < -0.39 is 11.8 Å². The first kappa shape index (κ1) is 18.8. The summed E-state index contributed by atoms with van der Waals surface area (Å²) in [4.78, 5) is 34.0. The number of halogens is 1. The van der Waals surface area contributed by atoms with Gasteiger partial charge in [-0.05, 0) is 48.4 Å². The first-order chi connectivity index (χ1) is 13.0. The highest BCUT2D eigenvalue weighted by atomic mass is 19.1. The lowest BCUT2D eigenvalue weighted by atomic mass is 10.2. The lowest BCUT2D eigenvalue weighted by Crippen LogP contribution is -2.53. The number of nitrogens with zero attached hydrogens (tertiary/aromatic N) is 4. The van der Waals surface area contributed by atoms with E-state index >= 15 is 0 Å². The van der Waals surface area contributed by atoms with Crippen molar-refractivity contribution in [2.45, 2.75) is 6.42 Å². The minimum absolute atomic E-state index is 0.270. The predicted molar refractivity (Wildman–Crippen MR) is 101 cm³/mol. The second kappa shape index (κ2) is 8.62. The number of piperazine rings is 1. The van der Waals surface area contributed by atoms with Crippen molar-refractivity contribution in [3.8, 4) is 0 Å². The molecule has 0 unspecified atom stereocenters. The van der Waals surface area contributed by atoms with Crippen molar-refractivity contribution in [3.05, 3.63) is 60.2 Å². The van der Waals surface area contributed by atoms with Gasteiger partial charge in [0.15, 0.2) is 0 Å². The molecule has 0 radical (unpaired) electrons. The number of hydrogen-bond donors (Lipinski definition) is 0. The second-order valence-corrected chi connectivity index (χ2v) is 6.59. The van der Waals surface area contributed by atoms with Gasteiger partial charge in [0.05, 0.1) is 0 Å². The van der Waals surface area contributed by atoms with Crippen LogP contribution in [-0.2, 0) is 16.0 Å². The summed E-state index contributed by atoms with van der Waals surface area (Å²) in [7, 11) is 1.65. The van der Waals surface area contributed by atoms with Crippen molar-refractivity contribution >= 4 is 17.5 Å². The van der Waals surface area contributed by atoms with Crippen LogP contribution < -0.4 is 4.90 Å². The van der Waals surface area contributed by atoms with Gasteiger partial charge in [-0.25, -0.2) is 4.39 Å². The van der Waals surface area contributed by atoms with Crippen LogP contribution in [0.4, 0.5) is 10.1 Å². The molecule has 0 bridgehead atoms. The van der Waals surface area contributed by atoms with Crippen molar-refractivity contribution in [2.24, 2.45) is 0 Å². The molecule has 6 nitrogen and oxygen atoms in total. The van der Waals surface area contributed by atoms with E-state index in [0.29, 0.717) is 39.1 Å². The third-order valence-electron chi connectivity index (χ3n) is 4.77. The molecular formula is C20H23FN4O2. The Balaban J connectivity index is 1.49. The van der Waals surface area contributed by atoms with Crippen LogP contribution in [-0.4, -0.2) is 66.4 Å². The summed E-state index contributed by atoms with van der Waals surface area (Å²) in [5.41, 5.74) is 1.99. The van der Waals surface area contributed by atoms with E-state index in [-0.39, 0.29) is 5.82 Å². The fraction of sp³-hybridized carbons (Fsp3) is 0.350. The molecule has 1 fully saturated rings. The van der Waals surface area contributed by atoms with Gasteiger partial charge >= 0.3 is 11.8 Å². The van der Waals surface area contributed by atoms with Gasteiger partial charge in [-0.3, -0.25) is 14.6 Å². The van der Waals surface area contributed by atoms with Gasteiger partial charge in [-0.15, -0.1) is 0 Å². The number of aromatic nitrogens is 1. The predicted octanol–water partition coefficient (Wildman–Crippen LogP) is 1.57. The van der Waals surface area contributed by atoms with Gasteiger partial charge in [-0.2, -0.15) is 0 Å². The number of rotatable bonds is 4. The molecule has 2 amide bonds. The zero-order valence-corrected chi connectivity index (χ0v) is 15.3. The van der Waals surface area contributed by atoms with Crippen LogP contribution in [0.5, 0.6) is 0 Å². The number of hydrogen-bond acceptors (Lipinski definition) is 4. The largest absolute Gasteiger partial charge is 0.368 e. The Kier molecular flexibility index (Phi) is 6.01. The number of carbonyl (C=O) groups excluding carboxylic acids is 2. The smallest absolute Gasteiger partial charge is 0.312 e. The number of pyridine rings is 1. The summed E-state index contributed by atoms with van der Waals surface area (Å²) in [5.74, 6) is -1.22. The third kappa shape index (κ3) is 4.81. The molecule has 27 heavy (non-hydrogen) atoms. The summed E-state index contributed by atoms with van der Waals surface area (Å²) in [5, 5.41) is 0. The van der Waals surface area contributed by atoms with Gasteiger partial charge < -0.3 is 14.7 Å². The molecule has 0 spiro atoms. The molecule has 0 N–H and O–H groups in total. The van der Waals surface area contributed by atoms with E-state index in [4.69, 9.17) is 0 Å². The molecule has 2 aromatic rings. The highest BCUT2D eigenvalue weighted by Crippen LogP contribution is 2.17. The van der Waals surface area contributed by atoms with Crippen molar-refractivity contribution in [3.63, 3.8) is 0 Å². The van der Waals surface area contributed by atoms with Gasteiger partial charge in [0, 0.05) is 57.9 Å². The van der Waals surface area contributed by atoms with Gasteiger partial charge in [-0.1, -0.05) is 0 Å². The van der Waals surface area contributed by atoms with Crippen LogP contribution in [0.1, 0.15) is 5.56 Å². The number of anilines is 1. The first-order valence-corrected chi connectivity index (χ1v) is 8.98. The molecule has 142 valence electrons. The number of amides is 2. The zero-order valence-electron chi connectivity index (χ0n) is 15.3. The molecule has 1 aromatic heterocycles. The maximum absolute atomic E-state index is 13.0. The molecule has 3 rings (SSSR count). The maximum Gasteiger partial charge on any atom is 0.312 e. The van der Waals surface area contributed by atoms with Crippen LogP contribution in [0, 0.1) is 5.82 Å². The summed E-state index contributed by atoms with van der Waals surface area (Å²) < 4.78 is 13.0. The molecular weight excluding hydrogens is 347 g/mol. The SMILES string of the molecule is CN(CCc1ccncc1)C(=O)C(=O)N1CCN(c2ccc(F)cc2)CC1. The minimum Gasteiger partial charge on any atom is -0.368 e. The van der Waals surface area contributed by atoms with Crippen molar-refractivity contribution in [1.82, 2.24) is 14.8 Å². The normalized spacial score (nSPS) is 14.1. The lowest BCUT2D eigenvalue weighted by molar-refractivity contribution is -0.151. The fourth-order valence-corrected chi connectivity index (χ4v) is 3.07. The topological polar surface area (TPSA) is 56.8 Å². The van der Waals surface area contributed by atoms with Crippen LogP contribution in [0.3, 0.4) is 0 Å². The lowest BCUT2D eigenvalue weighted by Gasteiger charge is -2.36. The molecule has 0 atom stereocenters. The quantitative estimate of drug-likeness (QED) is 0.767. The average molecular weight is 370 g/mol. The highest BCUT2D eigenvalue weighted by molar-refractivity contribution is 6.34. The molecule has 1 saturated heterocycles. The second-order valence-electron chi connectivity index (χ2n) is 6.59. The Labute approximate surface area is 158 Å². The Morgan fingerprint density at radius 1 is 1.04 bits per heavy atom. The van der Waals surface area contributed by atoms with Crippen molar-refractivity contribution < 1.29 is 14.0 Å². The van der Waals surface area contributed by atoms with E-state index in [2.05, 4.69) is 9.88 Å². The fourth-order valence-electron chi connectivity index (χ4n) is 3.07. The van der Waals surface area contributed by atoms with Gasteiger partial charge in [0.25, 0.3) is 0 Å². The Bertz CT molecular complexity index is 774. The van der Waals surface area contributed by atoms with Gasteiger partial charge in [0.2, 0.25) is 0 Å². The number of benzene rings is 1. The molecule has 0 saturated carbocycles. The van der Waals surface area contributed by atoms with Crippen LogP contribution >= 0.6 is 0 Å². The van der Waals surface area contributed by atoms with E-state index in [9.17, 15) is 14.0 Å². The van der Waals surface area contributed by atoms with Gasteiger partial charge in [0.1, 0.15) is 5.82 Å². The third-order valence-corrected chi connectivity index (χ3v) is 4.77. The molecule has 2 heterocycles. The average Bonchev–Trinajstić information content (AvgIpc) is 2.72. The summed E-state index contributed by atoms with van der Waals surface area (Å²) in [6.07, 6.45) is 4.10.